The Hall–Kier alpha value is -2.39. The maximum Gasteiger partial charge on any atom is 0.248 e. The summed E-state index contributed by atoms with van der Waals surface area (Å²) in [4.78, 5) is 12.2. The first kappa shape index (κ1) is 18.9. The molecule has 0 fully saturated rings. The average molecular weight is 367 g/mol. The summed E-state index contributed by atoms with van der Waals surface area (Å²) in [5.74, 6) is 0.228. The molecule has 0 aliphatic carbocycles. The fourth-order valence-corrected chi connectivity index (χ4v) is 3.74. The predicted molar refractivity (Wildman–Crippen MR) is 92.0 cm³/mol. The number of para-hydroxylation sites is 2. The topological polar surface area (TPSA) is 102 Å². The van der Waals surface area contributed by atoms with E-state index in [1.165, 1.54) is 20.9 Å². The largest absolute Gasteiger partial charge is 0.492 e. The lowest BCUT2D eigenvalue weighted by molar-refractivity contribution is -0.116. The van der Waals surface area contributed by atoms with Crippen LogP contribution in [0.5, 0.6) is 5.75 Å². The van der Waals surface area contributed by atoms with Crippen LogP contribution in [0, 0.1) is 13.8 Å². The molecule has 1 amide bonds. The monoisotopic (exact) mass is 367 g/mol. The molecule has 0 spiro atoms. The highest BCUT2D eigenvalue weighted by Crippen LogP contribution is 2.25. The molecule has 25 heavy (non-hydrogen) atoms. The van der Waals surface area contributed by atoms with Gasteiger partial charge in [0.2, 0.25) is 15.9 Å². The molecule has 0 aliphatic heterocycles. The number of aromatic nitrogens is 1. The molecule has 1 aromatic carbocycles. The van der Waals surface area contributed by atoms with E-state index in [4.69, 9.17) is 9.26 Å². The van der Waals surface area contributed by atoms with Crippen LogP contribution >= 0.6 is 0 Å². The molecule has 1 N–H and O–H groups in total. The highest BCUT2D eigenvalue weighted by atomic mass is 32.2. The Morgan fingerprint density at radius 1 is 1.32 bits per heavy atom. The molecule has 1 heterocycles. The van der Waals surface area contributed by atoms with E-state index in [0.717, 1.165) is 4.31 Å². The van der Waals surface area contributed by atoms with Crippen LogP contribution in [0.4, 0.5) is 5.69 Å². The van der Waals surface area contributed by atoms with E-state index >= 15 is 0 Å². The Bertz CT molecular complexity index is 841. The zero-order chi connectivity index (χ0) is 18.6. The molecule has 2 aromatic rings. The number of sulfonamides is 1. The number of aryl methyl sites for hydroxylation is 2. The van der Waals surface area contributed by atoms with Crippen molar-refractivity contribution in [2.75, 3.05) is 25.5 Å². The quantitative estimate of drug-likeness (QED) is 0.802. The van der Waals surface area contributed by atoms with Crippen LogP contribution in [0.15, 0.2) is 33.7 Å². The third kappa shape index (κ3) is 4.18. The van der Waals surface area contributed by atoms with Crippen molar-refractivity contribution in [2.24, 2.45) is 0 Å². The number of nitrogens with zero attached hydrogens (tertiary/aromatic N) is 2. The molecule has 9 heteroatoms. The first-order valence-electron chi connectivity index (χ1n) is 7.68. The molecule has 0 saturated carbocycles. The van der Waals surface area contributed by atoms with Gasteiger partial charge in [-0.05, 0) is 32.9 Å². The van der Waals surface area contributed by atoms with E-state index in [1.807, 2.05) is 6.92 Å². The molecule has 0 radical (unpaired) electrons. The Balaban J connectivity index is 2.13. The van der Waals surface area contributed by atoms with Gasteiger partial charge in [0.25, 0.3) is 0 Å². The summed E-state index contributed by atoms with van der Waals surface area (Å²) < 4.78 is 36.5. The number of amides is 1. The molecule has 8 nitrogen and oxygen atoms in total. The van der Waals surface area contributed by atoms with E-state index in [0.29, 0.717) is 18.0 Å². The maximum atomic E-state index is 12.6. The predicted octanol–water partition coefficient (Wildman–Crippen LogP) is 1.95. The Morgan fingerprint density at radius 2 is 2.00 bits per heavy atom. The lowest BCUT2D eigenvalue weighted by Gasteiger charge is -2.17. The number of hydrogen-bond acceptors (Lipinski definition) is 6. The number of hydrogen-bond donors (Lipinski definition) is 1. The van der Waals surface area contributed by atoms with Gasteiger partial charge in [-0.2, -0.15) is 4.31 Å². The fraction of sp³-hybridized carbons (Fsp3) is 0.375. The van der Waals surface area contributed by atoms with Crippen molar-refractivity contribution in [3.05, 3.63) is 35.7 Å². The molecule has 1 aromatic heterocycles. The summed E-state index contributed by atoms with van der Waals surface area (Å²) >= 11 is 0. The van der Waals surface area contributed by atoms with Gasteiger partial charge in [-0.3, -0.25) is 4.79 Å². The number of likely N-dealkylation sites (N-methyl/N-ethyl adjacent to an activating group) is 1. The van der Waals surface area contributed by atoms with Crippen LogP contribution in [0.1, 0.15) is 18.4 Å². The zero-order valence-electron chi connectivity index (χ0n) is 14.6. The van der Waals surface area contributed by atoms with Crippen molar-refractivity contribution < 1.29 is 22.5 Å². The number of carbonyl (C=O) groups excluding carboxylic acids is 1. The molecule has 2 rings (SSSR count). The summed E-state index contributed by atoms with van der Waals surface area (Å²) in [6.45, 7) is 4.98. The minimum absolute atomic E-state index is 0.0162. The number of anilines is 1. The van der Waals surface area contributed by atoms with Gasteiger partial charge in [-0.15, -0.1) is 0 Å². The first-order valence-corrected chi connectivity index (χ1v) is 9.12. The highest BCUT2D eigenvalue weighted by Gasteiger charge is 2.29. The van der Waals surface area contributed by atoms with Crippen molar-refractivity contribution in [1.29, 1.82) is 0 Å². The van der Waals surface area contributed by atoms with Crippen LogP contribution in [0.25, 0.3) is 0 Å². The van der Waals surface area contributed by atoms with E-state index in [-0.39, 0.29) is 22.9 Å². The Kier molecular flexibility index (Phi) is 5.81. The minimum Gasteiger partial charge on any atom is -0.492 e. The SMILES string of the molecule is CCOc1ccccc1NC(=O)CN(C)S(=O)(=O)c1c(C)noc1C. The smallest absolute Gasteiger partial charge is 0.248 e. The standard InChI is InChI=1S/C16H21N3O5S/c1-5-23-14-9-7-6-8-13(14)17-15(20)10-19(4)25(21,22)16-11(2)18-24-12(16)3/h6-9H,5,10H2,1-4H3,(H,17,20). The van der Waals surface area contributed by atoms with Crippen molar-refractivity contribution >= 4 is 21.6 Å². The first-order chi connectivity index (χ1) is 11.8. The summed E-state index contributed by atoms with van der Waals surface area (Å²) in [7, 11) is -2.55. The second-order valence-electron chi connectivity index (χ2n) is 5.39. The molecular formula is C16H21N3O5S. The van der Waals surface area contributed by atoms with Crippen LogP contribution < -0.4 is 10.1 Å². The van der Waals surface area contributed by atoms with Crippen molar-refractivity contribution in [3.8, 4) is 5.75 Å². The molecule has 136 valence electrons. The summed E-state index contributed by atoms with van der Waals surface area (Å²) in [6, 6.07) is 6.95. The molecule has 0 aliphatic rings. The molecule has 0 saturated heterocycles. The normalized spacial score (nSPS) is 11.6. The fourth-order valence-electron chi connectivity index (χ4n) is 2.33. The third-order valence-electron chi connectivity index (χ3n) is 3.46. The van der Waals surface area contributed by atoms with Crippen molar-refractivity contribution in [2.45, 2.75) is 25.7 Å². The van der Waals surface area contributed by atoms with Gasteiger partial charge >= 0.3 is 0 Å². The second-order valence-corrected chi connectivity index (χ2v) is 7.37. The lowest BCUT2D eigenvalue weighted by atomic mass is 10.3. The van der Waals surface area contributed by atoms with Crippen LogP contribution in [0.3, 0.4) is 0 Å². The summed E-state index contributed by atoms with van der Waals surface area (Å²) in [6.07, 6.45) is 0. The Labute approximate surface area is 146 Å². The van der Waals surface area contributed by atoms with Crippen LogP contribution in [-0.4, -0.2) is 44.0 Å². The molecular weight excluding hydrogens is 346 g/mol. The molecule has 0 bridgehead atoms. The number of nitrogens with one attached hydrogen (secondary N) is 1. The lowest BCUT2D eigenvalue weighted by Crippen LogP contribution is -2.35. The van der Waals surface area contributed by atoms with Gasteiger partial charge < -0.3 is 14.6 Å². The molecule has 0 unspecified atom stereocenters. The van der Waals surface area contributed by atoms with Gasteiger partial charge in [-0.25, -0.2) is 8.42 Å². The second kappa shape index (κ2) is 7.66. The number of ether oxygens (including phenoxy) is 1. The van der Waals surface area contributed by atoms with Crippen LogP contribution in [0.2, 0.25) is 0 Å². The van der Waals surface area contributed by atoms with E-state index < -0.39 is 15.9 Å². The average Bonchev–Trinajstić information content (AvgIpc) is 2.88. The van der Waals surface area contributed by atoms with E-state index in [9.17, 15) is 13.2 Å². The Morgan fingerprint density at radius 3 is 2.60 bits per heavy atom. The van der Waals surface area contributed by atoms with E-state index in [2.05, 4.69) is 10.5 Å². The number of benzene rings is 1. The van der Waals surface area contributed by atoms with Gasteiger partial charge in [0.05, 0.1) is 18.8 Å². The zero-order valence-corrected chi connectivity index (χ0v) is 15.4. The van der Waals surface area contributed by atoms with Gasteiger partial charge in [0.1, 0.15) is 16.3 Å². The maximum absolute atomic E-state index is 12.6. The van der Waals surface area contributed by atoms with Gasteiger partial charge in [0.15, 0.2) is 5.76 Å². The van der Waals surface area contributed by atoms with Crippen molar-refractivity contribution in [1.82, 2.24) is 9.46 Å². The highest BCUT2D eigenvalue weighted by molar-refractivity contribution is 7.89. The summed E-state index contributed by atoms with van der Waals surface area (Å²) in [5, 5.41) is 6.31. The van der Waals surface area contributed by atoms with Gasteiger partial charge in [0, 0.05) is 7.05 Å². The summed E-state index contributed by atoms with van der Waals surface area (Å²) in [5.41, 5.74) is 0.740. The van der Waals surface area contributed by atoms with E-state index in [1.54, 1.807) is 24.3 Å². The number of carbonyl (C=O) groups is 1. The minimum atomic E-state index is -3.88. The third-order valence-corrected chi connectivity index (χ3v) is 5.51. The number of rotatable bonds is 7. The molecule has 0 atom stereocenters. The van der Waals surface area contributed by atoms with Crippen molar-refractivity contribution in [3.63, 3.8) is 0 Å². The van der Waals surface area contributed by atoms with Crippen LogP contribution in [-0.2, 0) is 14.8 Å². The van der Waals surface area contributed by atoms with Gasteiger partial charge in [-0.1, -0.05) is 17.3 Å².